The lowest BCUT2D eigenvalue weighted by molar-refractivity contribution is -0.117. The van der Waals surface area contributed by atoms with E-state index in [1.807, 2.05) is 24.3 Å². The summed E-state index contributed by atoms with van der Waals surface area (Å²) in [5, 5.41) is 3.55. The Kier molecular flexibility index (Phi) is 6.19. The van der Waals surface area contributed by atoms with Gasteiger partial charge in [0.2, 0.25) is 5.91 Å². The average Bonchev–Trinajstić information content (AvgIpc) is 3.12. The van der Waals surface area contributed by atoms with Gasteiger partial charge < -0.3 is 20.7 Å². The predicted octanol–water partition coefficient (Wildman–Crippen LogP) is 2.60. The highest BCUT2D eigenvalue weighted by Gasteiger charge is 2.21. The highest BCUT2D eigenvalue weighted by Crippen LogP contribution is 2.33. The number of pyridine rings is 1. The molecule has 1 aromatic heterocycles. The van der Waals surface area contributed by atoms with E-state index < -0.39 is 0 Å². The van der Waals surface area contributed by atoms with Gasteiger partial charge in [0.05, 0.1) is 19.6 Å². The van der Waals surface area contributed by atoms with Crippen LogP contribution in [-0.2, 0) is 28.8 Å². The number of carbonyl (C=O) groups excluding carboxylic acids is 1. The Hall–Kier alpha value is -2.31. The molecule has 3 N–H and O–H groups in total. The maximum absolute atomic E-state index is 11.0. The number of anilines is 3. The summed E-state index contributed by atoms with van der Waals surface area (Å²) in [6.07, 6.45) is 3.53. The number of carbonyl (C=O) groups is 1. The number of morpholine rings is 1. The van der Waals surface area contributed by atoms with Crippen LogP contribution in [0, 0.1) is 0 Å². The number of ether oxygens (including phenoxy) is 1. The van der Waals surface area contributed by atoms with Gasteiger partial charge in [0.25, 0.3) is 0 Å². The summed E-state index contributed by atoms with van der Waals surface area (Å²) >= 11 is 0. The van der Waals surface area contributed by atoms with E-state index in [2.05, 4.69) is 16.3 Å². The number of nitrogens with one attached hydrogen (secondary N) is 1. The Balaban J connectivity index is 0.00000210. The van der Waals surface area contributed by atoms with Gasteiger partial charge in [-0.25, -0.2) is 4.98 Å². The highest BCUT2D eigenvalue weighted by atomic mass is 35.5. The van der Waals surface area contributed by atoms with Crippen molar-refractivity contribution in [1.82, 2.24) is 4.98 Å². The average molecular weight is 389 g/mol. The van der Waals surface area contributed by atoms with Crippen LogP contribution >= 0.6 is 12.4 Å². The molecule has 0 bridgehead atoms. The molecule has 144 valence electrons. The second kappa shape index (κ2) is 8.59. The van der Waals surface area contributed by atoms with Crippen molar-refractivity contribution in [1.29, 1.82) is 0 Å². The molecule has 2 heterocycles. The predicted molar refractivity (Wildman–Crippen MR) is 109 cm³/mol. The maximum Gasteiger partial charge on any atom is 0.221 e. The van der Waals surface area contributed by atoms with E-state index in [-0.39, 0.29) is 24.7 Å². The van der Waals surface area contributed by atoms with Crippen LogP contribution in [0.2, 0.25) is 0 Å². The lowest BCUT2D eigenvalue weighted by Gasteiger charge is -2.29. The van der Waals surface area contributed by atoms with E-state index in [0.29, 0.717) is 0 Å². The van der Waals surface area contributed by atoms with Crippen molar-refractivity contribution in [2.75, 3.05) is 36.5 Å². The number of benzene rings is 1. The summed E-state index contributed by atoms with van der Waals surface area (Å²) in [5.41, 5.74) is 10.9. The largest absolute Gasteiger partial charge is 0.378 e. The minimum Gasteiger partial charge on any atom is -0.378 e. The molecule has 0 radical (unpaired) electrons. The smallest absolute Gasteiger partial charge is 0.221 e. The maximum atomic E-state index is 11.0. The van der Waals surface area contributed by atoms with E-state index in [0.717, 1.165) is 68.3 Å². The van der Waals surface area contributed by atoms with Crippen molar-refractivity contribution in [3.8, 4) is 0 Å². The van der Waals surface area contributed by atoms with Crippen molar-refractivity contribution in [3.63, 3.8) is 0 Å². The summed E-state index contributed by atoms with van der Waals surface area (Å²) in [7, 11) is 0. The minimum atomic E-state index is -0.312. The Morgan fingerprint density at radius 2 is 1.93 bits per heavy atom. The van der Waals surface area contributed by atoms with Crippen molar-refractivity contribution in [2.24, 2.45) is 5.73 Å². The van der Waals surface area contributed by atoms with Gasteiger partial charge in [0.15, 0.2) is 0 Å². The molecule has 1 aromatic carbocycles. The first-order valence-electron chi connectivity index (χ1n) is 9.19. The summed E-state index contributed by atoms with van der Waals surface area (Å²) in [5.74, 6) is 0.717. The van der Waals surface area contributed by atoms with E-state index >= 15 is 0 Å². The summed E-state index contributed by atoms with van der Waals surface area (Å²) in [6, 6.07) is 10.0. The lowest BCUT2D eigenvalue weighted by atomic mass is 10.1. The Labute approximate surface area is 165 Å². The third-order valence-corrected chi connectivity index (χ3v) is 4.98. The van der Waals surface area contributed by atoms with Gasteiger partial charge in [-0.05, 0) is 42.5 Å². The number of hydrogen-bond acceptors (Lipinski definition) is 5. The molecule has 1 aliphatic heterocycles. The van der Waals surface area contributed by atoms with E-state index in [1.54, 1.807) is 0 Å². The van der Waals surface area contributed by atoms with Gasteiger partial charge in [-0.3, -0.25) is 4.79 Å². The number of aryl methyl sites for hydroxylation is 1. The zero-order valence-corrected chi connectivity index (χ0v) is 16.1. The molecule has 0 unspecified atom stereocenters. The first kappa shape index (κ1) is 19.5. The number of nitrogens with zero attached hydrogens (tertiary/aromatic N) is 2. The molecule has 0 atom stereocenters. The Morgan fingerprint density at radius 3 is 2.63 bits per heavy atom. The molecule has 4 rings (SSSR count). The topological polar surface area (TPSA) is 80.5 Å². The van der Waals surface area contributed by atoms with Crippen LogP contribution in [0.15, 0.2) is 30.3 Å². The van der Waals surface area contributed by atoms with Crippen LogP contribution in [0.5, 0.6) is 0 Å². The number of rotatable bonds is 5. The first-order chi connectivity index (χ1) is 12.7. The van der Waals surface area contributed by atoms with Crippen LogP contribution in [0.4, 0.5) is 17.2 Å². The van der Waals surface area contributed by atoms with Crippen LogP contribution < -0.4 is 16.0 Å². The van der Waals surface area contributed by atoms with E-state index in [4.69, 9.17) is 15.5 Å². The minimum absolute atomic E-state index is 0. The van der Waals surface area contributed by atoms with Gasteiger partial charge in [-0.2, -0.15) is 0 Å². The molecular formula is C20H25ClN4O2. The standard InChI is InChI=1S/C20H24N4O2.ClH/c21-19(25)12-14-4-6-15(7-5-14)22-18-13-20(24-8-10-26-11-9-24)23-17-3-1-2-16(17)18;/h4-7,13H,1-3,8-12H2,(H2,21,25)(H,22,23);1H. The molecule has 1 aliphatic carbocycles. The highest BCUT2D eigenvalue weighted by molar-refractivity contribution is 5.85. The van der Waals surface area contributed by atoms with Crippen molar-refractivity contribution in [3.05, 3.63) is 47.2 Å². The molecule has 0 saturated carbocycles. The van der Waals surface area contributed by atoms with Gasteiger partial charge in [0.1, 0.15) is 5.82 Å². The molecule has 27 heavy (non-hydrogen) atoms. The molecule has 6 nitrogen and oxygen atoms in total. The zero-order chi connectivity index (χ0) is 17.9. The van der Waals surface area contributed by atoms with Crippen LogP contribution in [0.1, 0.15) is 23.2 Å². The fraction of sp³-hybridized carbons (Fsp3) is 0.400. The summed E-state index contributed by atoms with van der Waals surface area (Å²) in [6.45, 7) is 3.27. The number of halogens is 1. The molecule has 1 fully saturated rings. The van der Waals surface area contributed by atoms with E-state index in [9.17, 15) is 4.79 Å². The van der Waals surface area contributed by atoms with Crippen LogP contribution in [0.3, 0.4) is 0 Å². The molecule has 2 aromatic rings. The molecule has 7 heteroatoms. The fourth-order valence-electron chi connectivity index (χ4n) is 3.66. The monoisotopic (exact) mass is 388 g/mol. The number of amides is 1. The van der Waals surface area contributed by atoms with Crippen LogP contribution in [-0.4, -0.2) is 37.2 Å². The van der Waals surface area contributed by atoms with Gasteiger partial charge in [-0.15, -0.1) is 12.4 Å². The van der Waals surface area contributed by atoms with Crippen molar-refractivity contribution < 1.29 is 9.53 Å². The number of nitrogens with two attached hydrogens (primary N) is 1. The molecule has 1 amide bonds. The molecular weight excluding hydrogens is 364 g/mol. The molecule has 2 aliphatic rings. The number of hydrogen-bond donors (Lipinski definition) is 2. The number of fused-ring (bicyclic) bond motifs is 1. The number of primary amides is 1. The van der Waals surface area contributed by atoms with Gasteiger partial charge in [-0.1, -0.05) is 12.1 Å². The second-order valence-electron chi connectivity index (χ2n) is 6.87. The number of aromatic nitrogens is 1. The SMILES string of the molecule is Cl.NC(=O)Cc1ccc(Nc2cc(N3CCOCC3)nc3c2CCC3)cc1. The first-order valence-corrected chi connectivity index (χ1v) is 9.19. The zero-order valence-electron chi connectivity index (χ0n) is 15.2. The Morgan fingerprint density at radius 1 is 1.19 bits per heavy atom. The third-order valence-electron chi connectivity index (χ3n) is 4.98. The third kappa shape index (κ3) is 4.51. The van der Waals surface area contributed by atoms with Crippen molar-refractivity contribution in [2.45, 2.75) is 25.7 Å². The second-order valence-corrected chi connectivity index (χ2v) is 6.87. The molecule has 0 spiro atoms. The summed E-state index contributed by atoms with van der Waals surface area (Å²) < 4.78 is 5.46. The quantitative estimate of drug-likeness (QED) is 0.822. The van der Waals surface area contributed by atoms with Gasteiger partial charge in [0, 0.05) is 36.2 Å². The lowest BCUT2D eigenvalue weighted by Crippen LogP contribution is -2.36. The Bertz CT molecular complexity index is 804. The molecule has 1 saturated heterocycles. The van der Waals surface area contributed by atoms with Gasteiger partial charge >= 0.3 is 0 Å². The van der Waals surface area contributed by atoms with Crippen molar-refractivity contribution >= 4 is 35.5 Å². The fourth-order valence-corrected chi connectivity index (χ4v) is 3.66. The normalized spacial score (nSPS) is 15.8. The van der Waals surface area contributed by atoms with Crippen LogP contribution in [0.25, 0.3) is 0 Å². The summed E-state index contributed by atoms with van der Waals surface area (Å²) in [4.78, 5) is 18.2. The van der Waals surface area contributed by atoms with E-state index in [1.165, 1.54) is 11.3 Å².